The number of anilines is 1. The zero-order valence-electron chi connectivity index (χ0n) is 19.8. The van der Waals surface area contributed by atoms with Crippen molar-refractivity contribution in [2.75, 3.05) is 31.6 Å². The molecule has 1 aliphatic heterocycles. The van der Waals surface area contributed by atoms with Gasteiger partial charge in [0.2, 0.25) is 5.43 Å². The smallest absolute Gasteiger partial charge is 0.341 e. The summed E-state index contributed by atoms with van der Waals surface area (Å²) in [5.74, 6) is -1.07. The van der Waals surface area contributed by atoms with Crippen molar-refractivity contribution in [2.24, 2.45) is 0 Å². The Labute approximate surface area is 205 Å². The Morgan fingerprint density at radius 3 is 2.69 bits per heavy atom. The zero-order valence-corrected chi connectivity index (χ0v) is 20.7. The van der Waals surface area contributed by atoms with Crippen LogP contribution in [0.1, 0.15) is 31.1 Å². The summed E-state index contributed by atoms with van der Waals surface area (Å²) >= 11 is 1.30. The number of thiazole rings is 1. The minimum Gasteiger partial charge on any atom is -0.477 e. The first-order chi connectivity index (χ1) is 16.6. The van der Waals surface area contributed by atoms with E-state index >= 15 is 0 Å². The molecule has 0 saturated carbocycles. The molecule has 1 aliphatic rings. The molecule has 0 aliphatic carbocycles. The van der Waals surface area contributed by atoms with Gasteiger partial charge in [-0.25, -0.2) is 14.8 Å². The van der Waals surface area contributed by atoms with Crippen molar-refractivity contribution in [3.8, 4) is 5.13 Å². The second-order valence-corrected chi connectivity index (χ2v) is 10.0. The SMILES string of the molecule is COC1CN(c2ccc3c(=O)c(C(=O)O)cn(-c4nccs4)c3n2)CC1NCC(=O)OC(C)(C)C. The Bertz CT molecular complexity index is 1300. The maximum atomic E-state index is 12.8. The van der Waals surface area contributed by atoms with Gasteiger partial charge >= 0.3 is 11.9 Å². The monoisotopic (exact) mass is 501 g/mol. The van der Waals surface area contributed by atoms with Crippen LogP contribution in [0.4, 0.5) is 5.82 Å². The molecule has 4 rings (SSSR count). The summed E-state index contributed by atoms with van der Waals surface area (Å²) in [6, 6.07) is 3.12. The highest BCUT2D eigenvalue weighted by molar-refractivity contribution is 7.12. The van der Waals surface area contributed by atoms with E-state index in [-0.39, 0.29) is 35.6 Å². The lowest BCUT2D eigenvalue weighted by molar-refractivity contribution is -0.153. The van der Waals surface area contributed by atoms with Crippen molar-refractivity contribution < 1.29 is 24.2 Å². The number of carboxylic acids is 1. The number of methoxy groups -OCH3 is 1. The van der Waals surface area contributed by atoms with Crippen molar-refractivity contribution in [3.63, 3.8) is 0 Å². The van der Waals surface area contributed by atoms with Gasteiger partial charge in [-0.3, -0.25) is 19.5 Å². The second kappa shape index (κ2) is 9.72. The Hall–Kier alpha value is -3.35. The van der Waals surface area contributed by atoms with Gasteiger partial charge in [0.25, 0.3) is 0 Å². The summed E-state index contributed by atoms with van der Waals surface area (Å²) in [5.41, 5.74) is -1.21. The maximum absolute atomic E-state index is 12.8. The molecule has 12 heteroatoms. The molecule has 186 valence electrons. The number of pyridine rings is 2. The van der Waals surface area contributed by atoms with E-state index < -0.39 is 17.0 Å². The molecule has 1 saturated heterocycles. The quantitative estimate of drug-likeness (QED) is 0.460. The van der Waals surface area contributed by atoms with E-state index in [1.54, 1.807) is 30.8 Å². The number of esters is 1. The zero-order chi connectivity index (χ0) is 25.3. The van der Waals surface area contributed by atoms with E-state index in [2.05, 4.69) is 10.3 Å². The Morgan fingerprint density at radius 2 is 2.06 bits per heavy atom. The van der Waals surface area contributed by atoms with Crippen LogP contribution < -0.4 is 15.6 Å². The van der Waals surface area contributed by atoms with Crippen LogP contribution >= 0.6 is 11.3 Å². The largest absolute Gasteiger partial charge is 0.477 e. The minimum atomic E-state index is -1.31. The lowest BCUT2D eigenvalue weighted by Gasteiger charge is -2.22. The Balaban J connectivity index is 1.63. The highest BCUT2D eigenvalue weighted by atomic mass is 32.1. The van der Waals surface area contributed by atoms with Crippen molar-refractivity contribution >= 4 is 40.1 Å². The lowest BCUT2D eigenvalue weighted by Crippen LogP contribution is -2.44. The number of aromatic nitrogens is 3. The van der Waals surface area contributed by atoms with Gasteiger partial charge in [-0.1, -0.05) is 0 Å². The van der Waals surface area contributed by atoms with Gasteiger partial charge in [-0.05, 0) is 32.9 Å². The summed E-state index contributed by atoms with van der Waals surface area (Å²) in [6.07, 6.45) is 2.65. The highest BCUT2D eigenvalue weighted by Crippen LogP contribution is 2.25. The van der Waals surface area contributed by atoms with Crippen molar-refractivity contribution in [1.29, 1.82) is 0 Å². The average Bonchev–Trinajstić information content (AvgIpc) is 3.46. The fourth-order valence-corrected chi connectivity index (χ4v) is 4.61. The standard InChI is InChI=1S/C23H27N5O6S/c1-23(2,3)34-18(29)9-25-15-11-27(12-16(15)33-4)17-6-5-13-19(30)14(21(31)32)10-28(20(13)26-17)22-24-7-8-35-22/h5-8,10,15-16,25H,9,11-12H2,1-4H3,(H,31,32). The van der Waals surface area contributed by atoms with Crippen LogP contribution in [0.25, 0.3) is 16.2 Å². The molecule has 0 aromatic carbocycles. The number of nitrogens with one attached hydrogen (secondary N) is 1. The average molecular weight is 502 g/mol. The number of fused-ring (bicyclic) bond motifs is 1. The first-order valence-corrected chi connectivity index (χ1v) is 11.9. The summed E-state index contributed by atoms with van der Waals surface area (Å²) in [6.45, 7) is 6.51. The molecule has 2 N–H and O–H groups in total. The summed E-state index contributed by atoms with van der Waals surface area (Å²) < 4.78 is 12.5. The molecular formula is C23H27N5O6S. The number of carboxylic acid groups (broad SMARTS) is 1. The van der Waals surface area contributed by atoms with Crippen LogP contribution in [0.3, 0.4) is 0 Å². The predicted octanol–water partition coefficient (Wildman–Crippen LogP) is 1.68. The van der Waals surface area contributed by atoms with E-state index in [0.717, 1.165) is 0 Å². The first kappa shape index (κ1) is 24.8. The molecule has 2 unspecified atom stereocenters. The maximum Gasteiger partial charge on any atom is 0.341 e. The van der Waals surface area contributed by atoms with E-state index in [0.29, 0.717) is 29.7 Å². The number of nitrogens with zero attached hydrogens (tertiary/aromatic N) is 4. The third-order valence-corrected chi connectivity index (χ3v) is 6.28. The Morgan fingerprint density at radius 1 is 1.29 bits per heavy atom. The fraction of sp³-hybridized carbons (Fsp3) is 0.435. The van der Waals surface area contributed by atoms with Gasteiger partial charge in [0, 0.05) is 38.0 Å². The van der Waals surface area contributed by atoms with E-state index in [9.17, 15) is 19.5 Å². The summed E-state index contributed by atoms with van der Waals surface area (Å²) in [7, 11) is 1.61. The van der Waals surface area contributed by atoms with Gasteiger partial charge in [0.15, 0.2) is 10.8 Å². The van der Waals surface area contributed by atoms with Crippen molar-refractivity contribution in [2.45, 2.75) is 38.5 Å². The molecule has 1 fully saturated rings. The molecule has 0 spiro atoms. The number of carbonyl (C=O) groups is 2. The van der Waals surface area contributed by atoms with Crippen LogP contribution in [-0.4, -0.2) is 76.1 Å². The number of carbonyl (C=O) groups excluding carboxylic acids is 1. The van der Waals surface area contributed by atoms with Crippen molar-refractivity contribution in [1.82, 2.24) is 19.9 Å². The third-order valence-electron chi connectivity index (χ3n) is 5.51. The molecule has 0 bridgehead atoms. The molecule has 35 heavy (non-hydrogen) atoms. The van der Waals surface area contributed by atoms with Crippen molar-refractivity contribution in [3.05, 3.63) is 45.7 Å². The van der Waals surface area contributed by atoms with Crippen LogP contribution in [0.5, 0.6) is 0 Å². The van der Waals surface area contributed by atoms with E-state index in [1.807, 2.05) is 25.7 Å². The number of rotatable bonds is 7. The lowest BCUT2D eigenvalue weighted by atomic mass is 10.2. The van der Waals surface area contributed by atoms with Gasteiger partial charge < -0.3 is 19.5 Å². The van der Waals surface area contributed by atoms with Crippen LogP contribution in [0.15, 0.2) is 34.7 Å². The van der Waals surface area contributed by atoms with Gasteiger partial charge in [-0.15, -0.1) is 11.3 Å². The van der Waals surface area contributed by atoms with Gasteiger partial charge in [0.1, 0.15) is 17.0 Å². The second-order valence-electron chi connectivity index (χ2n) is 9.16. The normalized spacial score (nSPS) is 18.2. The van der Waals surface area contributed by atoms with Gasteiger partial charge in [-0.2, -0.15) is 0 Å². The molecule has 0 amide bonds. The van der Waals surface area contributed by atoms with E-state index in [1.165, 1.54) is 22.1 Å². The molecule has 0 radical (unpaired) electrons. The highest BCUT2D eigenvalue weighted by Gasteiger charge is 2.34. The fourth-order valence-electron chi connectivity index (χ4n) is 3.99. The summed E-state index contributed by atoms with van der Waals surface area (Å²) in [4.78, 5) is 47.5. The molecule has 4 heterocycles. The number of hydrogen-bond donors (Lipinski definition) is 2. The Kier molecular flexibility index (Phi) is 6.88. The number of ether oxygens (including phenoxy) is 2. The van der Waals surface area contributed by atoms with Crippen LogP contribution in [0, 0.1) is 0 Å². The van der Waals surface area contributed by atoms with Crippen LogP contribution in [-0.2, 0) is 14.3 Å². The molecular weight excluding hydrogens is 474 g/mol. The summed E-state index contributed by atoms with van der Waals surface area (Å²) in [5, 5.41) is 15.1. The number of aromatic carboxylic acids is 1. The topological polar surface area (TPSA) is 136 Å². The molecule has 3 aromatic rings. The third kappa shape index (κ3) is 5.34. The van der Waals surface area contributed by atoms with Gasteiger partial charge in [0.05, 0.1) is 24.1 Å². The van der Waals surface area contributed by atoms with E-state index in [4.69, 9.17) is 14.5 Å². The first-order valence-electron chi connectivity index (χ1n) is 11.0. The van der Waals surface area contributed by atoms with Crippen LogP contribution in [0.2, 0.25) is 0 Å². The molecule has 2 atom stereocenters. The molecule has 11 nitrogen and oxygen atoms in total. The minimum absolute atomic E-state index is 0.0440. The number of hydrogen-bond acceptors (Lipinski definition) is 10. The molecule has 3 aromatic heterocycles. The predicted molar refractivity (Wildman–Crippen MR) is 131 cm³/mol.